The summed E-state index contributed by atoms with van der Waals surface area (Å²) in [6.45, 7) is 10.3. The van der Waals surface area contributed by atoms with Gasteiger partial charge in [0.1, 0.15) is 6.04 Å². The number of nitrogens with zero attached hydrogens (tertiary/aromatic N) is 1. The van der Waals surface area contributed by atoms with E-state index in [-0.39, 0.29) is 17.4 Å². The highest BCUT2D eigenvalue weighted by molar-refractivity contribution is 7.99. The van der Waals surface area contributed by atoms with E-state index in [0.29, 0.717) is 18.7 Å². The summed E-state index contributed by atoms with van der Waals surface area (Å²) in [6.07, 6.45) is 0.572. The first-order valence-corrected chi connectivity index (χ1v) is 11.6. The molecule has 0 saturated carbocycles. The maximum absolute atomic E-state index is 13.2. The van der Waals surface area contributed by atoms with Crippen molar-refractivity contribution in [2.24, 2.45) is 0 Å². The molecule has 1 N–H and O–H groups in total. The van der Waals surface area contributed by atoms with Gasteiger partial charge < -0.3 is 10.2 Å². The van der Waals surface area contributed by atoms with Gasteiger partial charge in [-0.05, 0) is 45.2 Å². The van der Waals surface area contributed by atoms with Crippen LogP contribution < -0.4 is 5.32 Å². The molecule has 0 aliphatic rings. The van der Waals surface area contributed by atoms with Gasteiger partial charge in [-0.15, -0.1) is 11.8 Å². The number of thioether (sulfide) groups is 1. The number of nitrogens with one attached hydrogen (secondary N) is 1. The Bertz CT molecular complexity index is 813. The average Bonchev–Trinajstić information content (AvgIpc) is 2.68. The summed E-state index contributed by atoms with van der Waals surface area (Å²) < 4.78 is 0. The molecule has 0 aliphatic carbocycles. The van der Waals surface area contributed by atoms with E-state index in [2.05, 4.69) is 17.4 Å². The number of hydrogen-bond donors (Lipinski definition) is 1. The Labute approximate surface area is 185 Å². The molecule has 0 fully saturated rings. The first kappa shape index (κ1) is 24.0. The van der Waals surface area contributed by atoms with Crippen LogP contribution >= 0.6 is 11.8 Å². The van der Waals surface area contributed by atoms with Crippen LogP contribution in [0.3, 0.4) is 0 Å². The van der Waals surface area contributed by atoms with Crippen molar-refractivity contribution in [3.63, 3.8) is 0 Å². The van der Waals surface area contributed by atoms with E-state index in [1.165, 1.54) is 11.1 Å². The molecule has 0 saturated heterocycles. The Balaban J connectivity index is 2.14. The summed E-state index contributed by atoms with van der Waals surface area (Å²) in [5.74, 6) is 1.02. The second-order valence-electron chi connectivity index (χ2n) is 8.65. The molecular weight excluding hydrogens is 392 g/mol. The first-order chi connectivity index (χ1) is 14.2. The van der Waals surface area contributed by atoms with E-state index in [1.54, 1.807) is 16.7 Å². The molecule has 1 atom stereocenters. The Morgan fingerprint density at radius 3 is 2.20 bits per heavy atom. The van der Waals surface area contributed by atoms with Crippen LogP contribution in [0, 0.1) is 6.92 Å². The molecule has 1 unspecified atom stereocenters. The van der Waals surface area contributed by atoms with Crippen molar-refractivity contribution in [1.82, 2.24) is 10.2 Å². The maximum Gasteiger partial charge on any atom is 0.243 e. The van der Waals surface area contributed by atoms with Gasteiger partial charge in [0, 0.05) is 17.8 Å². The second-order valence-corrected chi connectivity index (χ2v) is 9.63. The van der Waals surface area contributed by atoms with Gasteiger partial charge in [-0.3, -0.25) is 9.59 Å². The van der Waals surface area contributed by atoms with Gasteiger partial charge >= 0.3 is 0 Å². The maximum atomic E-state index is 13.2. The molecule has 2 aromatic carbocycles. The van der Waals surface area contributed by atoms with E-state index >= 15 is 0 Å². The molecule has 5 heteroatoms. The van der Waals surface area contributed by atoms with Crippen molar-refractivity contribution in [2.75, 3.05) is 5.75 Å². The minimum atomic E-state index is -0.490. The fraction of sp³-hybridized carbons (Fsp3) is 0.440. The summed E-state index contributed by atoms with van der Waals surface area (Å²) >= 11 is 1.59. The topological polar surface area (TPSA) is 49.4 Å². The molecule has 0 spiro atoms. The second kappa shape index (κ2) is 11.2. The average molecular weight is 427 g/mol. The summed E-state index contributed by atoms with van der Waals surface area (Å²) in [7, 11) is 0. The van der Waals surface area contributed by atoms with Crippen LogP contribution in [0.2, 0.25) is 0 Å². The van der Waals surface area contributed by atoms with Gasteiger partial charge in [-0.1, -0.05) is 67.1 Å². The normalized spacial score (nSPS) is 12.3. The molecule has 0 heterocycles. The molecule has 0 radical (unpaired) electrons. The predicted molar refractivity (Wildman–Crippen MR) is 126 cm³/mol. The number of carbonyl (C=O) groups is 2. The van der Waals surface area contributed by atoms with Crippen LogP contribution in [-0.4, -0.2) is 34.0 Å². The molecule has 0 aliphatic heterocycles. The van der Waals surface area contributed by atoms with E-state index in [0.717, 1.165) is 11.3 Å². The molecule has 2 amide bonds. The minimum Gasteiger partial charge on any atom is -0.350 e. The third-order valence-electron chi connectivity index (χ3n) is 4.69. The summed E-state index contributed by atoms with van der Waals surface area (Å²) in [5.41, 5.74) is 3.06. The van der Waals surface area contributed by atoms with E-state index < -0.39 is 6.04 Å². The first-order valence-electron chi connectivity index (χ1n) is 10.5. The van der Waals surface area contributed by atoms with Gasteiger partial charge in [0.05, 0.1) is 5.75 Å². The molecule has 0 aromatic heterocycles. The highest BCUT2D eigenvalue weighted by Crippen LogP contribution is 2.18. The van der Waals surface area contributed by atoms with Crippen LogP contribution in [0.25, 0.3) is 0 Å². The Morgan fingerprint density at radius 1 is 1.00 bits per heavy atom. The third-order valence-corrected chi connectivity index (χ3v) is 5.68. The lowest BCUT2D eigenvalue weighted by atomic mass is 10.1. The van der Waals surface area contributed by atoms with Gasteiger partial charge in [-0.25, -0.2) is 0 Å². The van der Waals surface area contributed by atoms with Gasteiger partial charge in [-0.2, -0.15) is 0 Å². The van der Waals surface area contributed by atoms with Crippen molar-refractivity contribution >= 4 is 23.6 Å². The van der Waals surface area contributed by atoms with Crippen molar-refractivity contribution in [3.8, 4) is 0 Å². The third kappa shape index (κ3) is 7.86. The van der Waals surface area contributed by atoms with Crippen LogP contribution in [0.15, 0.2) is 54.6 Å². The van der Waals surface area contributed by atoms with Crippen LogP contribution in [0.5, 0.6) is 0 Å². The minimum absolute atomic E-state index is 0.00702. The lowest BCUT2D eigenvalue weighted by Crippen LogP contribution is -2.53. The van der Waals surface area contributed by atoms with Crippen LogP contribution in [0.1, 0.15) is 50.8 Å². The molecule has 0 bridgehead atoms. The fourth-order valence-electron chi connectivity index (χ4n) is 3.18. The quantitative estimate of drug-likeness (QED) is 0.617. The number of amides is 2. The van der Waals surface area contributed by atoms with Crippen molar-refractivity contribution in [1.29, 1.82) is 0 Å². The van der Waals surface area contributed by atoms with Crippen LogP contribution in [0.4, 0.5) is 0 Å². The highest BCUT2D eigenvalue weighted by Gasteiger charge is 2.30. The Hall–Kier alpha value is -2.27. The lowest BCUT2D eigenvalue weighted by Gasteiger charge is -2.33. The molecular formula is C25H34N2O2S. The molecule has 2 rings (SSSR count). The Morgan fingerprint density at radius 2 is 1.63 bits per heavy atom. The highest BCUT2D eigenvalue weighted by atomic mass is 32.2. The van der Waals surface area contributed by atoms with Crippen LogP contribution in [-0.2, 0) is 21.9 Å². The number of benzene rings is 2. The standard InChI is InChI=1S/C25H34N2O2S/c1-6-22(24(29)26-25(3,4)5)27(16-20-14-12-19(2)13-15-20)23(28)18-30-17-21-10-8-7-9-11-21/h7-15,22H,6,16-18H2,1-5H3,(H,26,29). The van der Waals surface area contributed by atoms with Crippen molar-refractivity contribution < 1.29 is 9.59 Å². The zero-order valence-electron chi connectivity index (χ0n) is 18.8. The number of rotatable bonds is 9. The largest absolute Gasteiger partial charge is 0.350 e. The summed E-state index contributed by atoms with van der Waals surface area (Å²) in [4.78, 5) is 27.9. The molecule has 162 valence electrons. The van der Waals surface area contributed by atoms with Gasteiger partial charge in [0.15, 0.2) is 0 Å². The summed E-state index contributed by atoms with van der Waals surface area (Å²) in [5, 5.41) is 3.04. The monoisotopic (exact) mass is 426 g/mol. The van der Waals surface area contributed by atoms with Gasteiger partial charge in [0.25, 0.3) is 0 Å². The fourth-order valence-corrected chi connectivity index (χ4v) is 4.05. The molecule has 30 heavy (non-hydrogen) atoms. The molecule has 4 nitrogen and oxygen atoms in total. The van der Waals surface area contributed by atoms with E-state index in [1.807, 2.05) is 77.1 Å². The predicted octanol–water partition coefficient (Wildman–Crippen LogP) is 4.95. The number of aryl methyl sites for hydroxylation is 1. The van der Waals surface area contributed by atoms with E-state index in [4.69, 9.17) is 0 Å². The molecule has 2 aromatic rings. The number of carbonyl (C=O) groups excluding carboxylic acids is 2. The SMILES string of the molecule is CCC(C(=O)NC(C)(C)C)N(Cc1ccc(C)cc1)C(=O)CSCc1ccccc1. The van der Waals surface area contributed by atoms with Gasteiger partial charge in [0.2, 0.25) is 11.8 Å². The van der Waals surface area contributed by atoms with Crippen molar-refractivity contribution in [3.05, 3.63) is 71.3 Å². The summed E-state index contributed by atoms with van der Waals surface area (Å²) in [6, 6.07) is 17.8. The lowest BCUT2D eigenvalue weighted by molar-refractivity contribution is -0.140. The smallest absolute Gasteiger partial charge is 0.243 e. The van der Waals surface area contributed by atoms with E-state index in [9.17, 15) is 9.59 Å². The zero-order chi connectivity index (χ0) is 22.1. The zero-order valence-corrected chi connectivity index (χ0v) is 19.6. The number of hydrogen-bond acceptors (Lipinski definition) is 3. The van der Waals surface area contributed by atoms with Crippen molar-refractivity contribution in [2.45, 2.75) is 64.9 Å². The Kier molecular flexibility index (Phi) is 8.97.